The summed E-state index contributed by atoms with van der Waals surface area (Å²) in [7, 11) is 1.65. The van der Waals surface area contributed by atoms with Crippen molar-refractivity contribution in [2.45, 2.75) is 32.7 Å². The maximum atomic E-state index is 12.6. The number of nitrogens with zero attached hydrogens (tertiary/aromatic N) is 2. The number of aromatic nitrogens is 1. The number of hydrogen-bond donors (Lipinski definition) is 2. The standard InChI is InChI=1S/C18H23F3N4OS.HI/c1-3-22-17(24-10-13-4-6-14(7-5-13)11-26-2)23-9-8-16-25-15(12-27-16)18(19,20)21;/h4-7,12H,3,8-11H2,1-2H3,(H2,22,23,24);1H. The van der Waals surface area contributed by atoms with E-state index in [2.05, 4.69) is 20.6 Å². The van der Waals surface area contributed by atoms with Gasteiger partial charge in [-0.3, -0.25) is 0 Å². The molecule has 0 aliphatic heterocycles. The summed E-state index contributed by atoms with van der Waals surface area (Å²) < 4.78 is 42.8. The minimum absolute atomic E-state index is 0. The zero-order valence-electron chi connectivity index (χ0n) is 15.7. The van der Waals surface area contributed by atoms with Gasteiger partial charge in [0.05, 0.1) is 18.2 Å². The van der Waals surface area contributed by atoms with E-state index in [4.69, 9.17) is 4.74 Å². The molecule has 0 aliphatic rings. The summed E-state index contributed by atoms with van der Waals surface area (Å²) in [5, 5.41) is 7.73. The van der Waals surface area contributed by atoms with E-state index in [9.17, 15) is 13.2 Å². The van der Waals surface area contributed by atoms with Crippen molar-refractivity contribution < 1.29 is 17.9 Å². The molecule has 156 valence electrons. The summed E-state index contributed by atoms with van der Waals surface area (Å²) in [4.78, 5) is 8.13. The van der Waals surface area contributed by atoms with Crippen LogP contribution in [0.15, 0.2) is 34.6 Å². The van der Waals surface area contributed by atoms with E-state index in [0.29, 0.717) is 43.6 Å². The van der Waals surface area contributed by atoms with Gasteiger partial charge < -0.3 is 15.4 Å². The number of alkyl halides is 3. The van der Waals surface area contributed by atoms with Gasteiger partial charge in [0.2, 0.25) is 0 Å². The Bertz CT molecular complexity index is 735. The molecule has 0 bridgehead atoms. The monoisotopic (exact) mass is 528 g/mol. The lowest BCUT2D eigenvalue weighted by Gasteiger charge is -2.11. The first-order chi connectivity index (χ1) is 12.9. The summed E-state index contributed by atoms with van der Waals surface area (Å²) >= 11 is 1.02. The zero-order valence-corrected chi connectivity index (χ0v) is 18.8. The van der Waals surface area contributed by atoms with E-state index in [0.717, 1.165) is 27.8 Å². The predicted molar refractivity (Wildman–Crippen MR) is 116 cm³/mol. The highest BCUT2D eigenvalue weighted by Crippen LogP contribution is 2.29. The van der Waals surface area contributed by atoms with Crippen LogP contribution in [0.25, 0.3) is 0 Å². The first kappa shape index (κ1) is 24.6. The number of nitrogens with one attached hydrogen (secondary N) is 2. The molecule has 1 aromatic carbocycles. The lowest BCUT2D eigenvalue weighted by Crippen LogP contribution is -2.38. The van der Waals surface area contributed by atoms with Gasteiger partial charge in [0.15, 0.2) is 11.7 Å². The number of thiazole rings is 1. The maximum Gasteiger partial charge on any atom is 0.434 e. The molecule has 0 saturated heterocycles. The topological polar surface area (TPSA) is 58.5 Å². The Morgan fingerprint density at radius 3 is 2.43 bits per heavy atom. The second kappa shape index (κ2) is 12.2. The molecule has 0 amide bonds. The smallest absolute Gasteiger partial charge is 0.380 e. The molecule has 10 heteroatoms. The van der Waals surface area contributed by atoms with Gasteiger partial charge in [-0.15, -0.1) is 35.3 Å². The Labute approximate surface area is 183 Å². The molecule has 0 aliphatic carbocycles. The van der Waals surface area contributed by atoms with Gasteiger partial charge in [-0.05, 0) is 18.1 Å². The second-order valence-electron chi connectivity index (χ2n) is 5.75. The molecular weight excluding hydrogens is 504 g/mol. The van der Waals surface area contributed by atoms with Crippen molar-refractivity contribution in [2.75, 3.05) is 20.2 Å². The highest BCUT2D eigenvalue weighted by atomic mass is 127. The third-order valence-corrected chi connectivity index (χ3v) is 4.48. The molecule has 2 aromatic rings. The van der Waals surface area contributed by atoms with E-state index < -0.39 is 11.9 Å². The molecular formula is C18H24F3IN4OS. The van der Waals surface area contributed by atoms with Gasteiger partial charge >= 0.3 is 6.18 Å². The van der Waals surface area contributed by atoms with Crippen LogP contribution >= 0.6 is 35.3 Å². The molecule has 0 radical (unpaired) electrons. The van der Waals surface area contributed by atoms with E-state index in [1.807, 2.05) is 31.2 Å². The minimum atomic E-state index is -4.39. The Morgan fingerprint density at radius 1 is 1.18 bits per heavy atom. The third-order valence-electron chi connectivity index (χ3n) is 3.57. The molecule has 2 N–H and O–H groups in total. The molecule has 5 nitrogen and oxygen atoms in total. The van der Waals surface area contributed by atoms with Gasteiger partial charge in [-0.1, -0.05) is 24.3 Å². The number of benzene rings is 1. The van der Waals surface area contributed by atoms with Gasteiger partial charge in [-0.25, -0.2) is 9.98 Å². The summed E-state index contributed by atoms with van der Waals surface area (Å²) in [6, 6.07) is 7.98. The summed E-state index contributed by atoms with van der Waals surface area (Å²) in [5.41, 5.74) is 1.32. The van der Waals surface area contributed by atoms with E-state index in [1.165, 1.54) is 0 Å². The number of methoxy groups -OCH3 is 1. The Balaban J connectivity index is 0.00000392. The zero-order chi connectivity index (χ0) is 19.7. The van der Waals surface area contributed by atoms with Gasteiger partial charge in [0.1, 0.15) is 0 Å². The van der Waals surface area contributed by atoms with Crippen molar-refractivity contribution in [1.29, 1.82) is 0 Å². The highest BCUT2D eigenvalue weighted by Gasteiger charge is 2.33. The SMILES string of the molecule is CCNC(=NCc1ccc(COC)cc1)NCCc1nc(C(F)(F)F)cs1.I. The fourth-order valence-corrected chi connectivity index (χ4v) is 3.07. The summed E-state index contributed by atoms with van der Waals surface area (Å²) in [5.74, 6) is 0.617. The quantitative estimate of drug-likeness (QED) is 0.306. The van der Waals surface area contributed by atoms with Crippen LogP contribution in [0.3, 0.4) is 0 Å². The molecule has 1 aromatic heterocycles. The fourth-order valence-electron chi connectivity index (χ4n) is 2.26. The van der Waals surface area contributed by atoms with Crippen molar-refractivity contribution in [3.8, 4) is 0 Å². The molecule has 0 spiro atoms. The lowest BCUT2D eigenvalue weighted by molar-refractivity contribution is -0.140. The van der Waals surface area contributed by atoms with Crippen LogP contribution in [0, 0.1) is 0 Å². The van der Waals surface area contributed by atoms with Crippen molar-refractivity contribution in [3.05, 3.63) is 51.5 Å². The van der Waals surface area contributed by atoms with E-state index in [-0.39, 0.29) is 24.0 Å². The first-order valence-corrected chi connectivity index (χ1v) is 9.41. The highest BCUT2D eigenvalue weighted by molar-refractivity contribution is 14.0. The van der Waals surface area contributed by atoms with Crippen LogP contribution in [0.1, 0.15) is 28.8 Å². The van der Waals surface area contributed by atoms with Crippen LogP contribution in [-0.2, 0) is 30.5 Å². The predicted octanol–water partition coefficient (Wildman–Crippen LogP) is 4.22. The van der Waals surface area contributed by atoms with Crippen LogP contribution in [0.2, 0.25) is 0 Å². The average molecular weight is 528 g/mol. The van der Waals surface area contributed by atoms with Crippen molar-refractivity contribution in [3.63, 3.8) is 0 Å². The lowest BCUT2D eigenvalue weighted by atomic mass is 10.1. The molecule has 0 unspecified atom stereocenters. The van der Waals surface area contributed by atoms with Crippen molar-refractivity contribution in [2.24, 2.45) is 4.99 Å². The Morgan fingerprint density at radius 2 is 1.86 bits per heavy atom. The number of hydrogen-bond acceptors (Lipinski definition) is 4. The Hall–Kier alpha value is -1.40. The van der Waals surface area contributed by atoms with Gasteiger partial charge in [-0.2, -0.15) is 13.2 Å². The van der Waals surface area contributed by atoms with Crippen molar-refractivity contribution in [1.82, 2.24) is 15.6 Å². The fraction of sp³-hybridized carbons (Fsp3) is 0.444. The van der Waals surface area contributed by atoms with Crippen molar-refractivity contribution >= 4 is 41.3 Å². The number of rotatable bonds is 8. The van der Waals surface area contributed by atoms with Crippen LogP contribution in [0.4, 0.5) is 13.2 Å². The minimum Gasteiger partial charge on any atom is -0.380 e. The average Bonchev–Trinajstić information content (AvgIpc) is 3.10. The molecule has 28 heavy (non-hydrogen) atoms. The maximum absolute atomic E-state index is 12.6. The second-order valence-corrected chi connectivity index (χ2v) is 6.69. The Kier molecular flexibility index (Phi) is 10.8. The van der Waals surface area contributed by atoms with E-state index >= 15 is 0 Å². The van der Waals surface area contributed by atoms with Gasteiger partial charge in [0.25, 0.3) is 0 Å². The number of halogens is 4. The number of ether oxygens (including phenoxy) is 1. The molecule has 2 rings (SSSR count). The summed E-state index contributed by atoms with van der Waals surface area (Å²) in [6.07, 6.45) is -3.99. The molecule has 1 heterocycles. The van der Waals surface area contributed by atoms with E-state index in [1.54, 1.807) is 7.11 Å². The van der Waals surface area contributed by atoms with Crippen LogP contribution in [-0.4, -0.2) is 31.1 Å². The third kappa shape index (κ3) is 8.31. The number of aliphatic imine (C=N–C) groups is 1. The van der Waals surface area contributed by atoms with Crippen LogP contribution in [0.5, 0.6) is 0 Å². The molecule has 0 fully saturated rings. The first-order valence-electron chi connectivity index (χ1n) is 8.53. The normalized spacial score (nSPS) is 11.8. The van der Waals surface area contributed by atoms with Crippen LogP contribution < -0.4 is 10.6 Å². The summed E-state index contributed by atoms with van der Waals surface area (Å²) in [6.45, 7) is 4.16. The molecule has 0 atom stereocenters. The molecule has 0 saturated carbocycles. The van der Waals surface area contributed by atoms with Gasteiger partial charge in [0, 0.05) is 32.0 Å². The number of guanidine groups is 1. The largest absolute Gasteiger partial charge is 0.434 e.